The highest BCUT2D eigenvalue weighted by Crippen LogP contribution is 2.27. The maximum Gasteiger partial charge on any atom is 0.314 e. The van der Waals surface area contributed by atoms with E-state index in [2.05, 4.69) is 10.0 Å². The lowest BCUT2D eigenvalue weighted by Gasteiger charge is -2.02. The summed E-state index contributed by atoms with van der Waals surface area (Å²) < 4.78 is 26.9. The Bertz CT molecular complexity index is 772. The van der Waals surface area contributed by atoms with Crippen LogP contribution in [0.1, 0.15) is 0 Å². The summed E-state index contributed by atoms with van der Waals surface area (Å²) in [5.74, 6) is -2.39. The number of nitrogens with zero attached hydrogens (tertiary/aromatic N) is 3. The van der Waals surface area contributed by atoms with Gasteiger partial charge in [0.25, 0.3) is 0 Å². The largest absolute Gasteiger partial charge is 0.316 e. The van der Waals surface area contributed by atoms with Crippen molar-refractivity contribution in [2.24, 2.45) is 5.11 Å². The van der Waals surface area contributed by atoms with Gasteiger partial charge in [-0.3, -0.25) is 9.59 Å². The molecule has 1 heterocycles. The van der Waals surface area contributed by atoms with E-state index in [0.29, 0.717) is 0 Å². The SMILES string of the molecule is [N-]=[N+]=Nc1c(F)cc2[nH]c(=O)c(=O)[nH]c2c1F. The smallest absolute Gasteiger partial charge is 0.314 e. The minimum absolute atomic E-state index is 0.235. The van der Waals surface area contributed by atoms with E-state index in [1.807, 2.05) is 9.97 Å². The zero-order valence-corrected chi connectivity index (χ0v) is 7.99. The van der Waals surface area contributed by atoms with Crippen LogP contribution in [-0.4, -0.2) is 9.97 Å². The van der Waals surface area contributed by atoms with Crippen LogP contribution in [0.4, 0.5) is 14.5 Å². The molecule has 9 heteroatoms. The van der Waals surface area contributed by atoms with E-state index in [9.17, 15) is 18.4 Å². The Morgan fingerprint density at radius 1 is 1.24 bits per heavy atom. The fraction of sp³-hybridized carbons (Fsp3) is 0. The van der Waals surface area contributed by atoms with Gasteiger partial charge in [-0.2, -0.15) is 0 Å². The average Bonchev–Trinajstić information content (AvgIpc) is 2.28. The van der Waals surface area contributed by atoms with E-state index in [-0.39, 0.29) is 5.52 Å². The molecule has 2 aromatic rings. The minimum Gasteiger partial charge on any atom is -0.316 e. The summed E-state index contributed by atoms with van der Waals surface area (Å²) >= 11 is 0. The predicted molar refractivity (Wildman–Crippen MR) is 53.9 cm³/mol. The molecule has 1 aromatic heterocycles. The standard InChI is InChI=1S/C8H3F2N5O2/c9-2-1-3-6(4(10)5(2)14-15-11)13-8(17)7(16)12-3/h1H,(H,12,16)(H,13,17). The molecule has 2 N–H and O–H groups in total. The highest BCUT2D eigenvalue weighted by atomic mass is 19.1. The van der Waals surface area contributed by atoms with Gasteiger partial charge in [-0.05, 0) is 5.53 Å². The third-order valence-corrected chi connectivity index (χ3v) is 2.03. The van der Waals surface area contributed by atoms with Crippen LogP contribution < -0.4 is 11.1 Å². The molecule has 0 atom stereocenters. The number of aromatic amines is 2. The van der Waals surface area contributed by atoms with Crippen LogP contribution in [0.3, 0.4) is 0 Å². The first-order valence-corrected chi connectivity index (χ1v) is 4.24. The van der Waals surface area contributed by atoms with Gasteiger partial charge in [0, 0.05) is 11.0 Å². The highest BCUT2D eigenvalue weighted by molar-refractivity contribution is 5.78. The molecule has 2 rings (SSSR count). The lowest BCUT2D eigenvalue weighted by atomic mass is 10.2. The number of halogens is 2. The summed E-state index contributed by atoms with van der Waals surface area (Å²) in [4.78, 5) is 28.1. The Morgan fingerprint density at radius 2 is 1.88 bits per heavy atom. The van der Waals surface area contributed by atoms with Crippen molar-refractivity contribution in [1.82, 2.24) is 9.97 Å². The molecular formula is C8H3F2N5O2. The lowest BCUT2D eigenvalue weighted by molar-refractivity contribution is 0.593. The van der Waals surface area contributed by atoms with Crippen molar-refractivity contribution in [3.05, 3.63) is 48.9 Å². The number of benzene rings is 1. The molecule has 0 spiro atoms. The number of hydrogen-bond acceptors (Lipinski definition) is 3. The number of fused-ring (bicyclic) bond motifs is 1. The fourth-order valence-electron chi connectivity index (χ4n) is 1.32. The van der Waals surface area contributed by atoms with Crippen LogP contribution in [0.5, 0.6) is 0 Å². The number of rotatable bonds is 1. The van der Waals surface area contributed by atoms with E-state index >= 15 is 0 Å². The van der Waals surface area contributed by atoms with Crippen molar-refractivity contribution in [1.29, 1.82) is 0 Å². The molecule has 0 fully saturated rings. The molecule has 0 saturated carbocycles. The van der Waals surface area contributed by atoms with Crippen molar-refractivity contribution >= 4 is 16.7 Å². The summed E-state index contributed by atoms with van der Waals surface area (Å²) in [6, 6.07) is 0.750. The van der Waals surface area contributed by atoms with Gasteiger partial charge in [0.15, 0.2) is 5.82 Å². The minimum atomic E-state index is -1.24. The zero-order chi connectivity index (χ0) is 12.6. The Morgan fingerprint density at radius 3 is 2.53 bits per heavy atom. The van der Waals surface area contributed by atoms with E-state index in [1.165, 1.54) is 0 Å². The summed E-state index contributed by atoms with van der Waals surface area (Å²) in [7, 11) is 0. The van der Waals surface area contributed by atoms with E-state index in [0.717, 1.165) is 6.07 Å². The number of nitrogens with one attached hydrogen (secondary N) is 2. The molecule has 0 amide bonds. The Balaban J connectivity index is 3.02. The van der Waals surface area contributed by atoms with Gasteiger partial charge in [-0.25, -0.2) is 8.78 Å². The van der Waals surface area contributed by atoms with Gasteiger partial charge in [0.1, 0.15) is 17.0 Å². The quantitative estimate of drug-likeness (QED) is 0.339. The van der Waals surface area contributed by atoms with E-state index < -0.39 is 34.0 Å². The summed E-state index contributed by atoms with van der Waals surface area (Å²) in [5.41, 5.74) is 4.47. The van der Waals surface area contributed by atoms with Crippen molar-refractivity contribution < 1.29 is 8.78 Å². The van der Waals surface area contributed by atoms with Gasteiger partial charge in [0.2, 0.25) is 0 Å². The van der Waals surface area contributed by atoms with Crippen LogP contribution in [0.2, 0.25) is 0 Å². The Hall–Kier alpha value is -2.67. The maximum atomic E-state index is 13.6. The van der Waals surface area contributed by atoms with Gasteiger partial charge >= 0.3 is 11.1 Å². The van der Waals surface area contributed by atoms with Crippen molar-refractivity contribution in [3.8, 4) is 0 Å². The maximum absolute atomic E-state index is 13.6. The molecule has 0 radical (unpaired) electrons. The van der Waals surface area contributed by atoms with Gasteiger partial charge in [-0.1, -0.05) is 5.11 Å². The second kappa shape index (κ2) is 3.72. The molecule has 0 unspecified atom stereocenters. The van der Waals surface area contributed by atoms with Gasteiger partial charge in [-0.15, -0.1) is 0 Å². The molecule has 0 aliphatic heterocycles. The first-order valence-electron chi connectivity index (χ1n) is 4.24. The third-order valence-electron chi connectivity index (χ3n) is 2.03. The second-order valence-corrected chi connectivity index (χ2v) is 3.04. The molecule has 86 valence electrons. The number of aromatic nitrogens is 2. The predicted octanol–water partition coefficient (Wildman–Crippen LogP) is 1.44. The second-order valence-electron chi connectivity index (χ2n) is 3.04. The van der Waals surface area contributed by atoms with Crippen LogP contribution in [0, 0.1) is 11.6 Å². The molecule has 0 bridgehead atoms. The van der Waals surface area contributed by atoms with E-state index in [4.69, 9.17) is 5.53 Å². The van der Waals surface area contributed by atoms with Crippen LogP contribution >= 0.6 is 0 Å². The van der Waals surface area contributed by atoms with Gasteiger partial charge in [0.05, 0.1) is 5.52 Å². The zero-order valence-electron chi connectivity index (χ0n) is 7.99. The van der Waals surface area contributed by atoms with Crippen LogP contribution in [-0.2, 0) is 0 Å². The van der Waals surface area contributed by atoms with Crippen LogP contribution in [0.15, 0.2) is 20.8 Å². The number of azide groups is 1. The summed E-state index contributed by atoms with van der Waals surface area (Å²) in [5, 5.41) is 2.82. The molecule has 0 aliphatic carbocycles. The molecule has 7 nitrogen and oxygen atoms in total. The van der Waals surface area contributed by atoms with Crippen LogP contribution in [0.25, 0.3) is 21.5 Å². The van der Waals surface area contributed by atoms with Crippen molar-refractivity contribution in [2.45, 2.75) is 0 Å². The van der Waals surface area contributed by atoms with Crippen molar-refractivity contribution in [2.75, 3.05) is 0 Å². The highest BCUT2D eigenvalue weighted by Gasteiger charge is 2.14. The topological polar surface area (TPSA) is 114 Å². The van der Waals surface area contributed by atoms with Gasteiger partial charge < -0.3 is 9.97 Å². The fourth-order valence-corrected chi connectivity index (χ4v) is 1.32. The Kier molecular flexibility index (Phi) is 2.37. The monoisotopic (exact) mass is 239 g/mol. The van der Waals surface area contributed by atoms with Crippen molar-refractivity contribution in [3.63, 3.8) is 0 Å². The molecular weight excluding hydrogens is 236 g/mol. The first kappa shape index (κ1) is 10.8. The number of H-pyrrole nitrogens is 2. The number of hydrogen-bond donors (Lipinski definition) is 2. The third kappa shape index (κ3) is 1.64. The molecule has 0 aliphatic rings. The first-order chi connectivity index (χ1) is 8.04. The molecule has 17 heavy (non-hydrogen) atoms. The average molecular weight is 239 g/mol. The normalized spacial score (nSPS) is 10.2. The molecule has 1 aromatic carbocycles. The Labute approximate surface area is 90.3 Å². The summed E-state index contributed by atoms with van der Waals surface area (Å²) in [6.45, 7) is 0. The molecule has 0 saturated heterocycles. The lowest BCUT2D eigenvalue weighted by Crippen LogP contribution is -2.29. The summed E-state index contributed by atoms with van der Waals surface area (Å²) in [6.07, 6.45) is 0. The van der Waals surface area contributed by atoms with E-state index in [1.54, 1.807) is 0 Å².